The largest absolute Gasteiger partial charge is 0.406 e. The molecule has 0 N–H and O–H groups in total. The van der Waals surface area contributed by atoms with Crippen molar-refractivity contribution in [2.45, 2.75) is 49.4 Å². The number of benzene rings is 1. The Morgan fingerprint density at radius 2 is 2.00 bits per heavy atom. The molecule has 1 fully saturated rings. The number of imidazole rings is 1. The highest BCUT2D eigenvalue weighted by Gasteiger charge is 2.36. The summed E-state index contributed by atoms with van der Waals surface area (Å²) in [6.07, 6.45) is -2.71. The Morgan fingerprint density at radius 3 is 2.55 bits per heavy atom. The summed E-state index contributed by atoms with van der Waals surface area (Å²) in [4.78, 5) is 18.7. The van der Waals surface area contributed by atoms with Gasteiger partial charge in [0.15, 0.2) is 15.0 Å². The highest BCUT2D eigenvalue weighted by molar-refractivity contribution is 8.00. The van der Waals surface area contributed by atoms with E-state index in [4.69, 9.17) is 0 Å². The van der Waals surface area contributed by atoms with Gasteiger partial charge >= 0.3 is 6.18 Å². The molecule has 1 saturated heterocycles. The molecule has 31 heavy (non-hydrogen) atoms. The summed E-state index contributed by atoms with van der Waals surface area (Å²) >= 11 is 0.948. The Morgan fingerprint density at radius 1 is 1.32 bits per heavy atom. The molecule has 1 aliphatic rings. The van der Waals surface area contributed by atoms with Gasteiger partial charge in [-0.3, -0.25) is 4.79 Å². The van der Waals surface area contributed by atoms with E-state index in [1.54, 1.807) is 44.2 Å². The van der Waals surface area contributed by atoms with Crippen LogP contribution in [0.3, 0.4) is 0 Å². The fourth-order valence-electron chi connectivity index (χ4n) is 3.68. The van der Waals surface area contributed by atoms with Gasteiger partial charge in [-0.05, 0) is 25.8 Å². The van der Waals surface area contributed by atoms with E-state index in [9.17, 15) is 26.4 Å². The van der Waals surface area contributed by atoms with Crippen LogP contribution in [0.5, 0.6) is 0 Å². The monoisotopic (exact) mass is 475 g/mol. The fourth-order valence-corrected chi connectivity index (χ4v) is 6.37. The third-order valence-electron chi connectivity index (χ3n) is 5.13. The molecule has 3 rings (SSSR count). The quantitative estimate of drug-likeness (QED) is 0.572. The first-order valence-electron chi connectivity index (χ1n) is 9.86. The molecule has 1 aromatic carbocycles. The van der Waals surface area contributed by atoms with Crippen LogP contribution in [0.15, 0.2) is 41.7 Å². The lowest BCUT2D eigenvalue weighted by Crippen LogP contribution is -2.44. The zero-order chi connectivity index (χ0) is 22.8. The predicted octanol–water partition coefficient (Wildman–Crippen LogP) is 3.63. The van der Waals surface area contributed by atoms with Gasteiger partial charge in [0.05, 0.1) is 28.6 Å². The van der Waals surface area contributed by atoms with Gasteiger partial charge in [0.25, 0.3) is 0 Å². The van der Waals surface area contributed by atoms with Crippen molar-refractivity contribution >= 4 is 27.5 Å². The van der Waals surface area contributed by atoms with Crippen molar-refractivity contribution in [1.82, 2.24) is 14.5 Å². The third kappa shape index (κ3) is 5.82. The second-order valence-electron chi connectivity index (χ2n) is 7.43. The van der Waals surface area contributed by atoms with E-state index in [1.165, 1.54) is 11.1 Å². The molecule has 1 aliphatic heterocycles. The number of halogens is 3. The minimum Gasteiger partial charge on any atom is -0.338 e. The van der Waals surface area contributed by atoms with E-state index < -0.39 is 33.9 Å². The van der Waals surface area contributed by atoms with E-state index in [0.29, 0.717) is 24.2 Å². The van der Waals surface area contributed by atoms with Crippen LogP contribution in [0.1, 0.15) is 20.3 Å². The van der Waals surface area contributed by atoms with Gasteiger partial charge in [0, 0.05) is 12.6 Å². The Labute approximate surface area is 183 Å². The molecule has 0 spiro atoms. The smallest absolute Gasteiger partial charge is 0.338 e. The van der Waals surface area contributed by atoms with Gasteiger partial charge in [0.1, 0.15) is 6.54 Å². The molecule has 2 aromatic rings. The standard InChI is InChI=1S/C20H24F3N3O3S2/c1-3-25(16-9-10-31(28,29)12-16)18(27)14(2)30-19-24-11-17(15-7-5-4-6-8-15)26(19)13-20(21,22)23/h4-8,11,14,16H,3,9-10,12-13H2,1-2H3. The van der Waals surface area contributed by atoms with Crippen LogP contribution >= 0.6 is 11.8 Å². The van der Waals surface area contributed by atoms with Gasteiger partial charge in [-0.2, -0.15) is 13.2 Å². The molecule has 0 saturated carbocycles. The topological polar surface area (TPSA) is 72.3 Å². The van der Waals surface area contributed by atoms with Crippen LogP contribution in [-0.4, -0.2) is 64.3 Å². The molecule has 6 nitrogen and oxygen atoms in total. The first kappa shape index (κ1) is 23.6. The number of nitrogens with zero attached hydrogens (tertiary/aromatic N) is 3. The first-order chi connectivity index (χ1) is 14.5. The summed E-state index contributed by atoms with van der Waals surface area (Å²) in [6.45, 7) is 2.47. The number of rotatable bonds is 7. The Bertz CT molecular complexity index is 1020. The molecule has 2 unspecified atom stereocenters. The second-order valence-corrected chi connectivity index (χ2v) is 11.0. The van der Waals surface area contributed by atoms with Gasteiger partial charge in [0.2, 0.25) is 5.91 Å². The van der Waals surface area contributed by atoms with Crippen molar-refractivity contribution in [3.05, 3.63) is 36.5 Å². The van der Waals surface area contributed by atoms with Gasteiger partial charge < -0.3 is 9.47 Å². The highest BCUT2D eigenvalue weighted by atomic mass is 32.2. The SMILES string of the molecule is CCN(C(=O)C(C)Sc1ncc(-c2ccccc2)n1CC(F)(F)F)C1CCS(=O)(=O)C1. The zero-order valence-corrected chi connectivity index (χ0v) is 18.8. The van der Waals surface area contributed by atoms with Crippen LogP contribution in [0.25, 0.3) is 11.3 Å². The number of hydrogen-bond acceptors (Lipinski definition) is 5. The minimum absolute atomic E-state index is 0.0411. The van der Waals surface area contributed by atoms with Crippen LogP contribution in [0.4, 0.5) is 13.2 Å². The van der Waals surface area contributed by atoms with Crippen molar-refractivity contribution in [3.8, 4) is 11.3 Å². The molecule has 0 bridgehead atoms. The maximum atomic E-state index is 13.3. The van der Waals surface area contributed by atoms with Crippen LogP contribution < -0.4 is 0 Å². The number of sulfone groups is 1. The molecule has 1 amide bonds. The van der Waals surface area contributed by atoms with Crippen molar-refractivity contribution in [2.24, 2.45) is 0 Å². The predicted molar refractivity (Wildman–Crippen MR) is 113 cm³/mol. The average Bonchev–Trinajstić information content (AvgIpc) is 3.24. The van der Waals surface area contributed by atoms with E-state index in [2.05, 4.69) is 4.98 Å². The number of aromatic nitrogens is 2. The lowest BCUT2D eigenvalue weighted by molar-refractivity contribution is -0.141. The summed E-state index contributed by atoms with van der Waals surface area (Å²) in [5.41, 5.74) is 0.908. The van der Waals surface area contributed by atoms with E-state index in [1.807, 2.05) is 0 Å². The summed E-state index contributed by atoms with van der Waals surface area (Å²) in [5.74, 6) is -0.345. The molecule has 2 heterocycles. The Hall–Kier alpha value is -2.01. The van der Waals surface area contributed by atoms with E-state index >= 15 is 0 Å². The highest BCUT2D eigenvalue weighted by Crippen LogP contribution is 2.32. The average molecular weight is 476 g/mol. The van der Waals surface area contributed by atoms with Crippen molar-refractivity contribution in [1.29, 1.82) is 0 Å². The summed E-state index contributed by atoms with van der Waals surface area (Å²) in [5, 5.41) is -0.631. The summed E-state index contributed by atoms with van der Waals surface area (Å²) in [6, 6.07) is 8.23. The molecular formula is C20H24F3N3O3S2. The van der Waals surface area contributed by atoms with Crippen molar-refractivity contribution < 1.29 is 26.4 Å². The van der Waals surface area contributed by atoms with Crippen LogP contribution in [0, 0.1) is 0 Å². The van der Waals surface area contributed by atoms with Crippen LogP contribution in [0.2, 0.25) is 0 Å². The second kappa shape index (κ2) is 9.23. The van der Waals surface area contributed by atoms with Gasteiger partial charge in [-0.1, -0.05) is 42.1 Å². The lowest BCUT2D eigenvalue weighted by atomic mass is 10.2. The number of alkyl halides is 3. The Balaban J connectivity index is 1.84. The molecule has 0 radical (unpaired) electrons. The number of amides is 1. The van der Waals surface area contributed by atoms with Gasteiger partial charge in [-0.15, -0.1) is 0 Å². The number of thioether (sulfide) groups is 1. The maximum Gasteiger partial charge on any atom is 0.406 e. The van der Waals surface area contributed by atoms with Crippen molar-refractivity contribution in [2.75, 3.05) is 18.1 Å². The van der Waals surface area contributed by atoms with E-state index in [0.717, 1.165) is 16.3 Å². The maximum absolute atomic E-state index is 13.3. The molecule has 0 aliphatic carbocycles. The van der Waals surface area contributed by atoms with Crippen LogP contribution in [-0.2, 0) is 21.2 Å². The zero-order valence-electron chi connectivity index (χ0n) is 17.2. The molecular weight excluding hydrogens is 451 g/mol. The summed E-state index contributed by atoms with van der Waals surface area (Å²) < 4.78 is 64.4. The fraction of sp³-hybridized carbons (Fsp3) is 0.500. The molecule has 2 atom stereocenters. The number of carbonyl (C=O) groups is 1. The molecule has 170 valence electrons. The minimum atomic E-state index is -4.46. The van der Waals surface area contributed by atoms with Gasteiger partial charge in [-0.25, -0.2) is 13.4 Å². The first-order valence-corrected chi connectivity index (χ1v) is 12.6. The lowest BCUT2D eigenvalue weighted by Gasteiger charge is -2.29. The molecule has 11 heteroatoms. The summed E-state index contributed by atoms with van der Waals surface area (Å²) in [7, 11) is -3.17. The van der Waals surface area contributed by atoms with E-state index in [-0.39, 0.29) is 22.6 Å². The normalized spacial score (nSPS) is 19.3. The third-order valence-corrected chi connectivity index (χ3v) is 7.97. The van der Waals surface area contributed by atoms with Crippen molar-refractivity contribution in [3.63, 3.8) is 0 Å². The number of carbonyl (C=O) groups excluding carboxylic acids is 1. The molecule has 1 aromatic heterocycles. The Kier molecular flexibility index (Phi) is 7.04. The number of hydrogen-bond donors (Lipinski definition) is 0.